The van der Waals surface area contributed by atoms with Gasteiger partial charge >= 0.3 is 0 Å². The molecule has 328 valence electrons. The fourth-order valence-electron chi connectivity index (χ4n) is 10.8. The highest BCUT2D eigenvalue weighted by Crippen LogP contribution is 2.45. The highest BCUT2D eigenvalue weighted by atomic mass is 15.1. The van der Waals surface area contributed by atoms with E-state index in [0.717, 1.165) is 33.9 Å². The Morgan fingerprint density at radius 2 is 0.729 bits per heavy atom. The molecule has 12 aromatic carbocycles. The van der Waals surface area contributed by atoms with Crippen LogP contribution in [-0.4, -0.2) is 4.57 Å². The van der Waals surface area contributed by atoms with Gasteiger partial charge < -0.3 is 9.47 Å². The molecule has 0 radical (unpaired) electrons. The SMILES string of the molecule is c1ccc(-c2ccccc2-c2ccc(N(c3ccc(-c4cc5ccccc5c5ccccc45)cc3)c3ccccc3-c3cccc(-c4cccc5c4c4ccccc4n5-c4ccccc4)c3)cc2)cc1. The summed E-state index contributed by atoms with van der Waals surface area (Å²) in [6, 6.07) is 102. The lowest BCUT2D eigenvalue weighted by molar-refractivity contribution is 1.18. The minimum absolute atomic E-state index is 1.08. The molecule has 1 aromatic heterocycles. The summed E-state index contributed by atoms with van der Waals surface area (Å²) in [5.74, 6) is 0. The van der Waals surface area contributed by atoms with Gasteiger partial charge in [-0.05, 0) is 138 Å². The van der Waals surface area contributed by atoms with Gasteiger partial charge in [0.05, 0.1) is 16.7 Å². The standard InChI is InChI=1S/C68H46N2/c1-3-19-47(20-4-1)56-26-9-10-27-57(56)48-37-41-54(42-38-48)69(55-43-39-49(40-44-55)64-46-52-21-7-8-28-58(52)61-30-11-12-31-62(61)64)65-34-15-13-29-59(65)50-22-17-23-51(45-50)60-33-18-36-67-68(60)63-32-14-16-35-66(63)70(67)53-24-5-2-6-25-53/h1-46H. The van der Waals surface area contributed by atoms with Crippen LogP contribution in [0.4, 0.5) is 17.1 Å². The van der Waals surface area contributed by atoms with Gasteiger partial charge in [-0.1, -0.05) is 212 Å². The minimum Gasteiger partial charge on any atom is -0.310 e. The minimum atomic E-state index is 1.08. The van der Waals surface area contributed by atoms with Crippen molar-refractivity contribution in [1.29, 1.82) is 0 Å². The van der Waals surface area contributed by atoms with Crippen molar-refractivity contribution in [3.8, 4) is 61.3 Å². The molecular formula is C68H46N2. The number of benzene rings is 12. The van der Waals surface area contributed by atoms with E-state index in [4.69, 9.17) is 0 Å². The van der Waals surface area contributed by atoms with Crippen molar-refractivity contribution >= 4 is 60.4 Å². The Bertz CT molecular complexity index is 4040. The molecule has 0 aliphatic heterocycles. The van der Waals surface area contributed by atoms with Crippen LogP contribution in [0.1, 0.15) is 0 Å². The van der Waals surface area contributed by atoms with Crippen LogP contribution in [0.15, 0.2) is 279 Å². The van der Waals surface area contributed by atoms with Gasteiger partial charge in [0.1, 0.15) is 0 Å². The Labute approximate surface area is 408 Å². The van der Waals surface area contributed by atoms with Crippen LogP contribution in [0.5, 0.6) is 0 Å². The first kappa shape index (κ1) is 41.0. The zero-order valence-electron chi connectivity index (χ0n) is 38.5. The highest BCUT2D eigenvalue weighted by molar-refractivity contribution is 6.16. The van der Waals surface area contributed by atoms with Crippen LogP contribution in [0.25, 0.3) is 105 Å². The molecule has 0 unspecified atom stereocenters. The van der Waals surface area contributed by atoms with Gasteiger partial charge in [-0.2, -0.15) is 0 Å². The third-order valence-electron chi connectivity index (χ3n) is 14.0. The van der Waals surface area contributed by atoms with Crippen molar-refractivity contribution in [2.45, 2.75) is 0 Å². The van der Waals surface area contributed by atoms with Crippen molar-refractivity contribution in [3.63, 3.8) is 0 Å². The molecule has 2 nitrogen and oxygen atoms in total. The molecule has 0 saturated heterocycles. The lowest BCUT2D eigenvalue weighted by atomic mass is 9.93. The van der Waals surface area contributed by atoms with E-state index in [9.17, 15) is 0 Å². The maximum Gasteiger partial charge on any atom is 0.0547 e. The second-order valence-electron chi connectivity index (χ2n) is 18.0. The topological polar surface area (TPSA) is 8.17 Å². The van der Waals surface area contributed by atoms with Gasteiger partial charge in [-0.3, -0.25) is 0 Å². The summed E-state index contributed by atoms with van der Waals surface area (Å²) >= 11 is 0. The normalized spacial score (nSPS) is 11.4. The Morgan fingerprint density at radius 1 is 0.257 bits per heavy atom. The van der Waals surface area contributed by atoms with Crippen LogP contribution in [0, 0.1) is 0 Å². The maximum absolute atomic E-state index is 2.42. The van der Waals surface area contributed by atoms with Crippen molar-refractivity contribution in [1.82, 2.24) is 4.57 Å². The summed E-state index contributed by atoms with van der Waals surface area (Å²) in [7, 11) is 0. The van der Waals surface area contributed by atoms with Crippen molar-refractivity contribution in [2.24, 2.45) is 0 Å². The molecular weight excluding hydrogens is 845 g/mol. The average Bonchev–Trinajstić information content (AvgIpc) is 3.79. The maximum atomic E-state index is 2.42. The number of hydrogen-bond donors (Lipinski definition) is 0. The quantitative estimate of drug-likeness (QED) is 0.131. The number of fused-ring (bicyclic) bond motifs is 6. The predicted molar refractivity (Wildman–Crippen MR) is 298 cm³/mol. The molecule has 0 aliphatic carbocycles. The smallest absolute Gasteiger partial charge is 0.0547 e. The molecule has 1 heterocycles. The number of nitrogens with zero attached hydrogens (tertiary/aromatic N) is 2. The molecule has 0 bridgehead atoms. The fourth-order valence-corrected chi connectivity index (χ4v) is 10.8. The van der Waals surface area contributed by atoms with E-state index < -0.39 is 0 Å². The highest BCUT2D eigenvalue weighted by Gasteiger charge is 2.21. The third kappa shape index (κ3) is 7.13. The molecule has 13 rings (SSSR count). The molecule has 0 aliphatic rings. The van der Waals surface area contributed by atoms with E-state index in [0.29, 0.717) is 0 Å². The van der Waals surface area contributed by atoms with Crippen LogP contribution in [-0.2, 0) is 0 Å². The van der Waals surface area contributed by atoms with Gasteiger partial charge in [0.25, 0.3) is 0 Å². The summed E-state index contributed by atoms with van der Waals surface area (Å²) < 4.78 is 2.39. The molecule has 2 heteroatoms. The molecule has 0 spiro atoms. The second-order valence-corrected chi connectivity index (χ2v) is 18.0. The predicted octanol–water partition coefficient (Wildman–Crippen LogP) is 18.9. The van der Waals surface area contributed by atoms with Gasteiger partial charge in [0, 0.05) is 33.4 Å². The Morgan fingerprint density at radius 3 is 1.44 bits per heavy atom. The average molecular weight is 891 g/mol. The van der Waals surface area contributed by atoms with Crippen molar-refractivity contribution < 1.29 is 0 Å². The molecule has 0 amide bonds. The van der Waals surface area contributed by atoms with Gasteiger partial charge in [-0.25, -0.2) is 0 Å². The van der Waals surface area contributed by atoms with Gasteiger partial charge in [0.15, 0.2) is 0 Å². The van der Waals surface area contributed by atoms with Crippen molar-refractivity contribution in [3.05, 3.63) is 279 Å². The van der Waals surface area contributed by atoms with E-state index in [1.807, 2.05) is 0 Å². The number of aromatic nitrogens is 1. The first-order chi connectivity index (χ1) is 34.7. The number of rotatable bonds is 9. The third-order valence-corrected chi connectivity index (χ3v) is 14.0. The van der Waals surface area contributed by atoms with Crippen LogP contribution in [0.3, 0.4) is 0 Å². The van der Waals surface area contributed by atoms with E-state index in [1.165, 1.54) is 87.9 Å². The summed E-state index contributed by atoms with van der Waals surface area (Å²) in [5.41, 5.74) is 18.7. The molecule has 13 aromatic rings. The van der Waals surface area contributed by atoms with Crippen LogP contribution in [0.2, 0.25) is 0 Å². The zero-order chi connectivity index (χ0) is 46.4. The fraction of sp³-hybridized carbons (Fsp3) is 0. The monoisotopic (exact) mass is 890 g/mol. The van der Waals surface area contributed by atoms with E-state index in [2.05, 4.69) is 289 Å². The van der Waals surface area contributed by atoms with Crippen LogP contribution >= 0.6 is 0 Å². The Kier molecular flexibility index (Phi) is 10.2. The molecule has 70 heavy (non-hydrogen) atoms. The molecule has 0 fully saturated rings. The molecule has 0 atom stereocenters. The summed E-state index contributed by atoms with van der Waals surface area (Å²) in [5, 5.41) is 7.53. The second kappa shape index (κ2) is 17.4. The van der Waals surface area contributed by atoms with E-state index >= 15 is 0 Å². The summed E-state index contributed by atoms with van der Waals surface area (Å²) in [4.78, 5) is 2.42. The van der Waals surface area contributed by atoms with Gasteiger partial charge in [0.2, 0.25) is 0 Å². The van der Waals surface area contributed by atoms with Gasteiger partial charge in [-0.15, -0.1) is 0 Å². The summed E-state index contributed by atoms with van der Waals surface area (Å²) in [6.07, 6.45) is 0. The molecule has 0 saturated carbocycles. The Hall–Kier alpha value is -9.24. The molecule has 0 N–H and O–H groups in total. The largest absolute Gasteiger partial charge is 0.310 e. The van der Waals surface area contributed by atoms with Crippen molar-refractivity contribution in [2.75, 3.05) is 4.90 Å². The van der Waals surface area contributed by atoms with Crippen LogP contribution < -0.4 is 4.90 Å². The van der Waals surface area contributed by atoms with E-state index in [-0.39, 0.29) is 0 Å². The lowest BCUT2D eigenvalue weighted by Crippen LogP contribution is -2.11. The van der Waals surface area contributed by atoms with E-state index in [1.54, 1.807) is 0 Å². The lowest BCUT2D eigenvalue weighted by Gasteiger charge is -2.28. The zero-order valence-corrected chi connectivity index (χ0v) is 38.5. The number of anilines is 3. The number of hydrogen-bond acceptors (Lipinski definition) is 1. The number of para-hydroxylation sites is 3. The first-order valence-corrected chi connectivity index (χ1v) is 24.1. The first-order valence-electron chi connectivity index (χ1n) is 24.1. The Balaban J connectivity index is 0.954. The summed E-state index contributed by atoms with van der Waals surface area (Å²) in [6.45, 7) is 0.